The van der Waals surface area contributed by atoms with Crippen LogP contribution >= 0.6 is 15.9 Å². The Labute approximate surface area is 169 Å². The Morgan fingerprint density at radius 2 is 1.82 bits per heavy atom. The summed E-state index contributed by atoms with van der Waals surface area (Å²) in [4.78, 5) is 12.7. The molecule has 0 aliphatic rings. The maximum absolute atomic E-state index is 14.6. The van der Waals surface area contributed by atoms with Crippen LogP contribution in [-0.4, -0.2) is 21.4 Å². The van der Waals surface area contributed by atoms with Crippen molar-refractivity contribution in [2.75, 3.05) is 7.05 Å². The van der Waals surface area contributed by atoms with Gasteiger partial charge in [-0.25, -0.2) is 17.5 Å². The van der Waals surface area contributed by atoms with Crippen molar-refractivity contribution in [1.82, 2.24) is 10.0 Å². The van der Waals surface area contributed by atoms with Crippen molar-refractivity contribution in [3.8, 4) is 0 Å². The first-order valence-electron chi connectivity index (χ1n) is 8.16. The zero-order chi connectivity index (χ0) is 20.3. The molecular formula is C19H16BrFN2O4S. The number of halogens is 2. The molecule has 2 N–H and O–H groups in total. The largest absolute Gasteiger partial charge is 0.438 e. The number of hydrogen-bond donors (Lipinski definition) is 2. The van der Waals surface area contributed by atoms with Crippen LogP contribution in [0.4, 0.5) is 4.39 Å². The molecule has 0 radical (unpaired) electrons. The summed E-state index contributed by atoms with van der Waals surface area (Å²) in [5.74, 6) is -1.37. The lowest BCUT2D eigenvalue weighted by atomic mass is 9.98. The molecule has 1 unspecified atom stereocenters. The second kappa shape index (κ2) is 8.26. The van der Waals surface area contributed by atoms with Gasteiger partial charge in [-0.1, -0.05) is 52.3 Å². The minimum atomic E-state index is -3.82. The van der Waals surface area contributed by atoms with Crippen molar-refractivity contribution >= 4 is 31.9 Å². The van der Waals surface area contributed by atoms with E-state index in [2.05, 4.69) is 26.0 Å². The van der Waals surface area contributed by atoms with Gasteiger partial charge in [-0.3, -0.25) is 4.79 Å². The van der Waals surface area contributed by atoms with Crippen molar-refractivity contribution in [1.29, 1.82) is 0 Å². The fourth-order valence-electron chi connectivity index (χ4n) is 2.61. The van der Waals surface area contributed by atoms with Crippen LogP contribution in [0.1, 0.15) is 27.7 Å². The summed E-state index contributed by atoms with van der Waals surface area (Å²) in [6, 6.07) is 15.0. The van der Waals surface area contributed by atoms with Gasteiger partial charge in [0.25, 0.3) is 15.9 Å². The highest BCUT2D eigenvalue weighted by Gasteiger charge is 2.24. The standard InChI is InChI=1S/C19H16BrFN2O4S/c1-22-28(25,26)17-10-9-16(27-17)19(24)23-18(12-5-3-2-4-6-12)14-8-7-13(20)11-15(14)21/h2-11,18,22H,1H3,(H,23,24). The van der Waals surface area contributed by atoms with E-state index in [1.54, 1.807) is 36.4 Å². The van der Waals surface area contributed by atoms with E-state index >= 15 is 0 Å². The molecule has 0 bridgehead atoms. The van der Waals surface area contributed by atoms with Crippen LogP contribution in [0.15, 0.2) is 74.6 Å². The van der Waals surface area contributed by atoms with Crippen LogP contribution in [0.25, 0.3) is 0 Å². The number of sulfonamides is 1. The molecule has 146 valence electrons. The summed E-state index contributed by atoms with van der Waals surface area (Å²) in [5, 5.41) is 2.32. The number of amides is 1. The van der Waals surface area contributed by atoms with E-state index in [1.807, 2.05) is 6.07 Å². The summed E-state index contributed by atoms with van der Waals surface area (Å²) in [6.07, 6.45) is 0. The first kappa shape index (κ1) is 20.2. The number of nitrogens with one attached hydrogen (secondary N) is 2. The van der Waals surface area contributed by atoms with Crippen LogP contribution in [-0.2, 0) is 10.0 Å². The van der Waals surface area contributed by atoms with Crippen molar-refractivity contribution in [2.45, 2.75) is 11.1 Å². The Hall–Kier alpha value is -2.49. The minimum absolute atomic E-state index is 0.202. The molecule has 0 spiro atoms. The van der Waals surface area contributed by atoms with E-state index in [1.165, 1.54) is 25.2 Å². The maximum atomic E-state index is 14.6. The topological polar surface area (TPSA) is 88.4 Å². The fraction of sp³-hybridized carbons (Fsp3) is 0.105. The van der Waals surface area contributed by atoms with Gasteiger partial charge < -0.3 is 9.73 Å². The summed E-state index contributed by atoms with van der Waals surface area (Å²) < 4.78 is 46.0. The summed E-state index contributed by atoms with van der Waals surface area (Å²) in [6.45, 7) is 0. The average molecular weight is 467 g/mol. The summed E-state index contributed by atoms with van der Waals surface area (Å²) in [5.41, 5.74) is 0.920. The van der Waals surface area contributed by atoms with Gasteiger partial charge in [-0.2, -0.15) is 0 Å². The maximum Gasteiger partial charge on any atom is 0.287 e. The molecule has 9 heteroatoms. The Balaban J connectivity index is 1.95. The van der Waals surface area contributed by atoms with Crippen molar-refractivity contribution in [3.05, 3.63) is 87.8 Å². The molecule has 6 nitrogen and oxygen atoms in total. The van der Waals surface area contributed by atoms with E-state index in [0.717, 1.165) is 0 Å². The normalized spacial score (nSPS) is 12.5. The van der Waals surface area contributed by atoms with E-state index in [4.69, 9.17) is 4.42 Å². The number of hydrogen-bond acceptors (Lipinski definition) is 4. The number of furan rings is 1. The van der Waals surface area contributed by atoms with E-state index < -0.39 is 27.8 Å². The van der Waals surface area contributed by atoms with E-state index in [0.29, 0.717) is 10.0 Å². The van der Waals surface area contributed by atoms with Crippen LogP contribution in [0, 0.1) is 5.82 Å². The lowest BCUT2D eigenvalue weighted by molar-refractivity contribution is 0.0909. The molecule has 0 fully saturated rings. The fourth-order valence-corrected chi connectivity index (χ4v) is 3.59. The number of carbonyl (C=O) groups excluding carboxylic acids is 1. The first-order valence-corrected chi connectivity index (χ1v) is 10.4. The molecular weight excluding hydrogens is 451 g/mol. The monoisotopic (exact) mass is 466 g/mol. The Morgan fingerprint density at radius 1 is 1.11 bits per heavy atom. The van der Waals surface area contributed by atoms with Crippen LogP contribution in [0.2, 0.25) is 0 Å². The molecule has 3 aromatic rings. The molecule has 28 heavy (non-hydrogen) atoms. The van der Waals surface area contributed by atoms with Crippen LogP contribution < -0.4 is 10.0 Å². The number of rotatable bonds is 6. The van der Waals surface area contributed by atoms with E-state index in [-0.39, 0.29) is 16.4 Å². The van der Waals surface area contributed by atoms with Crippen molar-refractivity contribution in [2.24, 2.45) is 0 Å². The highest BCUT2D eigenvalue weighted by Crippen LogP contribution is 2.27. The third-order valence-corrected chi connectivity index (χ3v) is 5.80. The zero-order valence-electron chi connectivity index (χ0n) is 14.6. The Bertz CT molecular complexity index is 1100. The predicted octanol–water partition coefficient (Wildman–Crippen LogP) is 3.61. The lowest BCUT2D eigenvalue weighted by Crippen LogP contribution is -2.29. The SMILES string of the molecule is CNS(=O)(=O)c1ccc(C(=O)NC(c2ccccc2)c2ccc(Br)cc2F)o1. The minimum Gasteiger partial charge on any atom is -0.438 e. The van der Waals surface area contributed by atoms with Gasteiger partial charge in [0.2, 0.25) is 5.09 Å². The average Bonchev–Trinajstić information content (AvgIpc) is 3.18. The quantitative estimate of drug-likeness (QED) is 0.580. The van der Waals surface area contributed by atoms with Gasteiger partial charge in [0, 0.05) is 10.0 Å². The molecule has 0 saturated carbocycles. The summed E-state index contributed by atoms with van der Waals surface area (Å²) in [7, 11) is -2.58. The molecule has 2 aromatic carbocycles. The van der Waals surface area contributed by atoms with Gasteiger partial charge in [-0.15, -0.1) is 0 Å². The van der Waals surface area contributed by atoms with Crippen LogP contribution in [0.5, 0.6) is 0 Å². The van der Waals surface area contributed by atoms with E-state index in [9.17, 15) is 17.6 Å². The molecule has 1 atom stereocenters. The molecule has 3 rings (SSSR count). The highest BCUT2D eigenvalue weighted by atomic mass is 79.9. The van der Waals surface area contributed by atoms with Crippen molar-refractivity contribution in [3.63, 3.8) is 0 Å². The third-order valence-electron chi connectivity index (χ3n) is 4.02. The predicted molar refractivity (Wildman–Crippen MR) is 105 cm³/mol. The second-order valence-corrected chi connectivity index (χ2v) is 8.54. The van der Waals surface area contributed by atoms with Gasteiger partial charge in [-0.05, 0) is 36.9 Å². The number of benzene rings is 2. The zero-order valence-corrected chi connectivity index (χ0v) is 17.1. The molecule has 1 aromatic heterocycles. The van der Waals surface area contributed by atoms with Crippen LogP contribution in [0.3, 0.4) is 0 Å². The second-order valence-electron chi connectivity index (χ2n) is 5.81. The molecule has 0 aliphatic carbocycles. The molecule has 0 aliphatic heterocycles. The molecule has 0 saturated heterocycles. The molecule has 1 amide bonds. The number of carbonyl (C=O) groups is 1. The van der Waals surface area contributed by atoms with Gasteiger partial charge >= 0.3 is 0 Å². The van der Waals surface area contributed by atoms with Gasteiger partial charge in [0.15, 0.2) is 5.76 Å². The highest BCUT2D eigenvalue weighted by molar-refractivity contribution is 9.10. The summed E-state index contributed by atoms with van der Waals surface area (Å²) >= 11 is 3.21. The third kappa shape index (κ3) is 4.32. The van der Waals surface area contributed by atoms with Gasteiger partial charge in [0.1, 0.15) is 5.82 Å². The molecule has 1 heterocycles. The Morgan fingerprint density at radius 3 is 2.46 bits per heavy atom. The smallest absolute Gasteiger partial charge is 0.287 e. The lowest BCUT2D eigenvalue weighted by Gasteiger charge is -2.20. The van der Waals surface area contributed by atoms with Gasteiger partial charge in [0.05, 0.1) is 6.04 Å². The Kier molecular flexibility index (Phi) is 5.97. The van der Waals surface area contributed by atoms with Crippen molar-refractivity contribution < 1.29 is 22.0 Å². The first-order chi connectivity index (χ1) is 13.3.